The number of hydroxylamine groups is 2. The largest absolute Gasteiger partial charge is 0.392 e. The third kappa shape index (κ3) is 4.95. The minimum atomic E-state index is -0.646. The van der Waals surface area contributed by atoms with Crippen LogP contribution in [0.15, 0.2) is 12.2 Å². The van der Waals surface area contributed by atoms with Crippen molar-refractivity contribution in [3.05, 3.63) is 12.2 Å². The fourth-order valence-corrected chi connectivity index (χ4v) is 1.19. The normalized spacial score (nSPS) is 14.5. The van der Waals surface area contributed by atoms with Gasteiger partial charge in [0.2, 0.25) is 0 Å². The quantitative estimate of drug-likeness (QED) is 0.537. The number of aliphatic hydroxyl groups is 1. The van der Waals surface area contributed by atoms with Gasteiger partial charge in [0, 0.05) is 7.05 Å². The summed E-state index contributed by atoms with van der Waals surface area (Å²) in [4.78, 5) is 16.3. The highest BCUT2D eigenvalue weighted by atomic mass is 16.7. The van der Waals surface area contributed by atoms with E-state index in [4.69, 9.17) is 4.84 Å². The molecular weight excluding hydrogens is 194 g/mol. The van der Waals surface area contributed by atoms with E-state index in [9.17, 15) is 9.90 Å². The Balaban J connectivity index is 4.12. The average Bonchev–Trinajstić information content (AvgIpc) is 2.22. The molecule has 0 spiro atoms. The Morgan fingerprint density at radius 3 is 2.53 bits per heavy atom. The van der Waals surface area contributed by atoms with Crippen LogP contribution in [-0.4, -0.2) is 36.3 Å². The third-order valence-electron chi connectivity index (χ3n) is 2.42. The molecule has 1 N–H and O–H groups in total. The van der Waals surface area contributed by atoms with E-state index in [1.54, 1.807) is 6.92 Å². The molecule has 88 valence electrons. The van der Waals surface area contributed by atoms with Crippen molar-refractivity contribution in [1.29, 1.82) is 0 Å². The maximum absolute atomic E-state index is 11.6. The summed E-state index contributed by atoms with van der Waals surface area (Å²) in [6.45, 7) is 7.35. The number of carbonyl (C=O) groups is 1. The predicted molar refractivity (Wildman–Crippen MR) is 59.0 cm³/mol. The molecule has 4 nitrogen and oxygen atoms in total. The fourth-order valence-electron chi connectivity index (χ4n) is 1.19. The second kappa shape index (κ2) is 6.58. The Morgan fingerprint density at radius 2 is 2.13 bits per heavy atom. The van der Waals surface area contributed by atoms with E-state index in [0.29, 0.717) is 6.42 Å². The molecule has 0 aliphatic carbocycles. The van der Waals surface area contributed by atoms with Gasteiger partial charge in [-0.3, -0.25) is 9.63 Å². The van der Waals surface area contributed by atoms with Gasteiger partial charge in [-0.2, -0.15) is 0 Å². The molecule has 0 aromatic rings. The smallest absolute Gasteiger partial charge is 0.251 e. The van der Waals surface area contributed by atoms with E-state index >= 15 is 0 Å². The van der Waals surface area contributed by atoms with Crippen LogP contribution in [0.1, 0.15) is 26.7 Å². The first-order chi connectivity index (χ1) is 6.90. The van der Waals surface area contributed by atoms with Crippen LogP contribution in [0.5, 0.6) is 0 Å². The molecule has 0 aliphatic rings. The third-order valence-corrected chi connectivity index (χ3v) is 2.42. The number of amides is 1. The van der Waals surface area contributed by atoms with Crippen LogP contribution in [0.2, 0.25) is 0 Å². The van der Waals surface area contributed by atoms with Crippen molar-refractivity contribution >= 4 is 5.91 Å². The molecule has 0 rings (SSSR count). The maximum atomic E-state index is 11.6. The van der Waals surface area contributed by atoms with Crippen LogP contribution in [0.4, 0.5) is 0 Å². The molecule has 15 heavy (non-hydrogen) atoms. The summed E-state index contributed by atoms with van der Waals surface area (Å²) in [6, 6.07) is 0. The number of rotatable bonds is 6. The molecule has 0 radical (unpaired) electrons. The molecule has 0 aromatic heterocycles. The first-order valence-electron chi connectivity index (χ1n) is 5.04. The van der Waals surface area contributed by atoms with Crippen LogP contribution in [-0.2, 0) is 9.63 Å². The second-order valence-corrected chi connectivity index (χ2v) is 3.87. The van der Waals surface area contributed by atoms with E-state index in [-0.39, 0.29) is 5.91 Å². The highest BCUT2D eigenvalue weighted by molar-refractivity contribution is 5.77. The lowest BCUT2D eigenvalue weighted by Gasteiger charge is -2.22. The lowest BCUT2D eigenvalue weighted by Crippen LogP contribution is -2.36. The zero-order valence-corrected chi connectivity index (χ0v) is 9.99. The van der Waals surface area contributed by atoms with E-state index in [1.165, 1.54) is 14.2 Å². The average molecular weight is 215 g/mol. The van der Waals surface area contributed by atoms with Crippen molar-refractivity contribution in [1.82, 2.24) is 5.06 Å². The monoisotopic (exact) mass is 215 g/mol. The lowest BCUT2D eigenvalue weighted by molar-refractivity contribution is -0.176. The fraction of sp³-hybridized carbons (Fsp3) is 0.727. The van der Waals surface area contributed by atoms with Gasteiger partial charge in [-0.1, -0.05) is 12.5 Å². The van der Waals surface area contributed by atoms with Gasteiger partial charge < -0.3 is 5.11 Å². The minimum Gasteiger partial charge on any atom is -0.392 e. The summed E-state index contributed by atoms with van der Waals surface area (Å²) in [5, 5.41) is 10.9. The molecule has 2 atom stereocenters. The zero-order valence-electron chi connectivity index (χ0n) is 9.99. The molecule has 1 amide bonds. The Hall–Kier alpha value is -0.870. The molecule has 0 bridgehead atoms. The molecule has 4 heteroatoms. The van der Waals surface area contributed by atoms with E-state index in [2.05, 4.69) is 6.58 Å². The predicted octanol–water partition coefficient (Wildman–Crippen LogP) is 1.36. The first-order valence-corrected chi connectivity index (χ1v) is 5.04. The Bertz CT molecular complexity index is 228. The molecule has 0 aromatic carbocycles. The minimum absolute atomic E-state index is 0.216. The zero-order chi connectivity index (χ0) is 12.0. The molecule has 0 heterocycles. The van der Waals surface area contributed by atoms with Crippen LogP contribution in [0.25, 0.3) is 0 Å². The number of hydrogen-bond donors (Lipinski definition) is 1. The molecular formula is C11H21NO3. The molecule has 0 fully saturated rings. The highest BCUT2D eigenvalue weighted by Gasteiger charge is 2.24. The standard InChI is InChI=1S/C11H21NO3/c1-8(2)6-7-10(13)9(3)11(14)12(4)15-5/h9-10,13H,1,6-7H2,2-5H3/t9-,10+/m0/s1. The topological polar surface area (TPSA) is 49.8 Å². The number of hydrogen-bond acceptors (Lipinski definition) is 3. The van der Waals surface area contributed by atoms with Crippen molar-refractivity contribution in [3.8, 4) is 0 Å². The molecule has 0 aliphatic heterocycles. The van der Waals surface area contributed by atoms with Crippen molar-refractivity contribution in [2.45, 2.75) is 32.8 Å². The van der Waals surface area contributed by atoms with E-state index in [0.717, 1.165) is 17.1 Å². The van der Waals surface area contributed by atoms with Gasteiger partial charge in [-0.05, 0) is 19.8 Å². The number of nitrogens with zero attached hydrogens (tertiary/aromatic N) is 1. The lowest BCUT2D eigenvalue weighted by atomic mass is 9.98. The van der Waals surface area contributed by atoms with Crippen LogP contribution >= 0.6 is 0 Å². The highest BCUT2D eigenvalue weighted by Crippen LogP contribution is 2.14. The Kier molecular flexibility index (Phi) is 6.20. The maximum Gasteiger partial charge on any atom is 0.251 e. The number of aliphatic hydroxyl groups excluding tert-OH is 1. The Morgan fingerprint density at radius 1 is 1.60 bits per heavy atom. The second-order valence-electron chi connectivity index (χ2n) is 3.87. The summed E-state index contributed by atoms with van der Waals surface area (Å²) in [7, 11) is 2.95. The van der Waals surface area contributed by atoms with Gasteiger partial charge >= 0.3 is 0 Å². The van der Waals surface area contributed by atoms with Gasteiger partial charge in [0.05, 0.1) is 19.1 Å². The van der Waals surface area contributed by atoms with E-state index in [1.807, 2.05) is 6.92 Å². The first kappa shape index (κ1) is 14.1. The van der Waals surface area contributed by atoms with E-state index < -0.39 is 12.0 Å². The van der Waals surface area contributed by atoms with Crippen LogP contribution in [0.3, 0.4) is 0 Å². The summed E-state index contributed by atoms with van der Waals surface area (Å²) in [5.74, 6) is -0.666. The van der Waals surface area contributed by atoms with Crippen LogP contribution < -0.4 is 0 Å². The van der Waals surface area contributed by atoms with Crippen LogP contribution in [0, 0.1) is 5.92 Å². The molecule has 0 saturated heterocycles. The summed E-state index contributed by atoms with van der Waals surface area (Å²) < 4.78 is 0. The van der Waals surface area contributed by atoms with Crippen molar-refractivity contribution in [2.24, 2.45) is 5.92 Å². The summed E-state index contributed by atoms with van der Waals surface area (Å²) in [5.41, 5.74) is 1.01. The van der Waals surface area contributed by atoms with Crippen molar-refractivity contribution in [2.75, 3.05) is 14.2 Å². The molecule has 0 saturated carbocycles. The molecule has 0 unspecified atom stereocenters. The van der Waals surface area contributed by atoms with Gasteiger partial charge in [-0.25, -0.2) is 5.06 Å². The SMILES string of the molecule is C=C(C)CC[C@@H](O)[C@H](C)C(=O)N(C)OC. The van der Waals surface area contributed by atoms with Gasteiger partial charge in [0.15, 0.2) is 0 Å². The Labute approximate surface area is 91.5 Å². The van der Waals surface area contributed by atoms with Gasteiger partial charge in [0.1, 0.15) is 0 Å². The van der Waals surface area contributed by atoms with Crippen molar-refractivity contribution in [3.63, 3.8) is 0 Å². The summed E-state index contributed by atoms with van der Waals surface area (Å²) >= 11 is 0. The number of allylic oxidation sites excluding steroid dienone is 1. The number of carbonyl (C=O) groups excluding carboxylic acids is 1. The van der Waals surface area contributed by atoms with Gasteiger partial charge in [-0.15, -0.1) is 6.58 Å². The van der Waals surface area contributed by atoms with Gasteiger partial charge in [0.25, 0.3) is 5.91 Å². The van der Waals surface area contributed by atoms with Crippen molar-refractivity contribution < 1.29 is 14.7 Å². The summed E-state index contributed by atoms with van der Waals surface area (Å²) in [6.07, 6.45) is 0.641.